The Morgan fingerprint density at radius 2 is 2.43 bits per heavy atom. The Balaban J connectivity index is 2.48. The highest BCUT2D eigenvalue weighted by Gasteiger charge is 2.22. The third kappa shape index (κ3) is 0.787. The molecule has 0 radical (unpaired) electrons. The quantitative estimate of drug-likeness (QED) is 0.447. The van der Waals surface area contributed by atoms with Crippen LogP contribution in [0, 0.1) is 0 Å². The summed E-state index contributed by atoms with van der Waals surface area (Å²) in [5, 5.41) is 0. The number of Topliss-reactive ketones (excluding diaryl/α,β-unsaturated/α-hetero) is 1. The van der Waals surface area contributed by atoms with Crippen molar-refractivity contribution >= 4 is 5.78 Å². The van der Waals surface area contributed by atoms with Crippen molar-refractivity contribution in [2.24, 2.45) is 0 Å². The Morgan fingerprint density at radius 1 is 1.71 bits per heavy atom. The van der Waals surface area contributed by atoms with Crippen molar-refractivity contribution in [3.8, 4) is 0 Å². The Morgan fingerprint density at radius 3 is 2.57 bits per heavy atom. The largest absolute Gasteiger partial charge is 0.296 e. The number of hydrogen-bond donors (Lipinski definition) is 0. The van der Waals surface area contributed by atoms with Gasteiger partial charge in [0.2, 0.25) is 0 Å². The van der Waals surface area contributed by atoms with Gasteiger partial charge in [0.15, 0.2) is 12.0 Å². The Labute approximate surface area is 41.5 Å². The first-order valence-corrected chi connectivity index (χ1v) is 2.47. The second kappa shape index (κ2) is 1.60. The van der Waals surface area contributed by atoms with Crippen LogP contribution < -0.4 is 0 Å². The molecule has 0 saturated heterocycles. The van der Waals surface area contributed by atoms with E-state index in [-0.39, 0.29) is 5.78 Å². The van der Waals surface area contributed by atoms with Crippen molar-refractivity contribution in [1.29, 1.82) is 0 Å². The van der Waals surface area contributed by atoms with Crippen LogP contribution in [0.15, 0.2) is 0 Å². The number of alkyl halides is 1. The molecular formula is C5H7FO. The van der Waals surface area contributed by atoms with Gasteiger partial charge in [-0.15, -0.1) is 0 Å². The van der Waals surface area contributed by atoms with Crippen LogP contribution >= 0.6 is 0 Å². The maximum Gasteiger partial charge on any atom is 0.166 e. The third-order valence-corrected chi connectivity index (χ3v) is 1.23. The van der Waals surface area contributed by atoms with Gasteiger partial charge in [-0.05, 0) is 12.8 Å². The fraction of sp³-hybridized carbons (Fsp3) is 0.800. The lowest BCUT2D eigenvalue weighted by atomic mass is 10.3. The van der Waals surface area contributed by atoms with Gasteiger partial charge in [-0.2, -0.15) is 0 Å². The Hall–Kier alpha value is -0.400. The van der Waals surface area contributed by atoms with Gasteiger partial charge in [0.1, 0.15) is 0 Å². The van der Waals surface area contributed by atoms with Crippen molar-refractivity contribution < 1.29 is 9.18 Å². The predicted octanol–water partition coefficient (Wildman–Crippen LogP) is 1.08. The smallest absolute Gasteiger partial charge is 0.166 e. The van der Waals surface area contributed by atoms with Gasteiger partial charge >= 0.3 is 0 Å². The fourth-order valence-electron chi connectivity index (χ4n) is 0.773. The van der Waals surface area contributed by atoms with E-state index in [1.54, 1.807) is 0 Å². The lowest BCUT2D eigenvalue weighted by Crippen LogP contribution is -2.04. The highest BCUT2D eigenvalue weighted by Crippen LogP contribution is 2.16. The maximum absolute atomic E-state index is 12.0. The zero-order valence-corrected chi connectivity index (χ0v) is 3.98. The summed E-state index contributed by atoms with van der Waals surface area (Å²) in [6.07, 6.45) is 0.542. The normalized spacial score (nSPS) is 31.6. The van der Waals surface area contributed by atoms with Crippen LogP contribution in [0.2, 0.25) is 0 Å². The van der Waals surface area contributed by atoms with Gasteiger partial charge in [-0.25, -0.2) is 4.39 Å². The van der Waals surface area contributed by atoms with Crippen LogP contribution in [0.1, 0.15) is 19.3 Å². The van der Waals surface area contributed by atoms with Crippen molar-refractivity contribution in [2.75, 3.05) is 0 Å². The van der Waals surface area contributed by atoms with E-state index in [0.29, 0.717) is 12.8 Å². The maximum atomic E-state index is 12.0. The molecule has 1 fully saturated rings. The molecule has 0 aliphatic heterocycles. The molecule has 1 nitrogen and oxygen atoms in total. The number of carbonyl (C=O) groups excluding carboxylic acids is 1. The summed E-state index contributed by atoms with van der Waals surface area (Å²) < 4.78 is 12.0. The van der Waals surface area contributed by atoms with Crippen molar-refractivity contribution in [1.82, 2.24) is 0 Å². The van der Waals surface area contributed by atoms with Crippen molar-refractivity contribution in [3.05, 3.63) is 0 Å². The number of hydrogen-bond acceptors (Lipinski definition) is 1. The highest BCUT2D eigenvalue weighted by atomic mass is 19.1. The van der Waals surface area contributed by atoms with Crippen LogP contribution in [-0.2, 0) is 4.79 Å². The predicted molar refractivity (Wildman–Crippen MR) is 23.8 cm³/mol. The second-order valence-electron chi connectivity index (χ2n) is 1.83. The van der Waals surface area contributed by atoms with E-state index < -0.39 is 6.17 Å². The lowest BCUT2D eigenvalue weighted by Gasteiger charge is -1.86. The molecule has 40 valence electrons. The van der Waals surface area contributed by atoms with Gasteiger partial charge in [-0.1, -0.05) is 0 Å². The molecule has 0 aromatic carbocycles. The molecule has 1 aliphatic rings. The van der Waals surface area contributed by atoms with Crippen LogP contribution in [0.5, 0.6) is 0 Å². The minimum absolute atomic E-state index is 0.208. The van der Waals surface area contributed by atoms with E-state index in [0.717, 1.165) is 6.42 Å². The molecule has 1 aliphatic carbocycles. The van der Waals surface area contributed by atoms with Gasteiger partial charge in [0, 0.05) is 6.42 Å². The molecule has 1 atom stereocenters. The second-order valence-corrected chi connectivity index (χ2v) is 1.83. The molecule has 1 rings (SSSR count). The first kappa shape index (κ1) is 4.75. The molecular weight excluding hydrogens is 95.1 g/mol. The zero-order valence-electron chi connectivity index (χ0n) is 3.98. The minimum atomic E-state index is -1.13. The van der Waals surface area contributed by atoms with Crippen LogP contribution in [0.3, 0.4) is 0 Å². The van der Waals surface area contributed by atoms with Gasteiger partial charge in [0.25, 0.3) is 0 Å². The minimum Gasteiger partial charge on any atom is -0.296 e. The van der Waals surface area contributed by atoms with Crippen molar-refractivity contribution in [2.45, 2.75) is 25.4 Å². The molecule has 0 spiro atoms. The molecule has 2 heteroatoms. The number of halogens is 1. The first-order valence-electron chi connectivity index (χ1n) is 2.47. The molecule has 0 N–H and O–H groups in total. The molecule has 7 heavy (non-hydrogen) atoms. The molecule has 1 saturated carbocycles. The van der Waals surface area contributed by atoms with Gasteiger partial charge < -0.3 is 0 Å². The molecule has 0 aromatic heterocycles. The molecule has 0 bridgehead atoms. The highest BCUT2D eigenvalue weighted by molar-refractivity contribution is 5.84. The third-order valence-electron chi connectivity index (χ3n) is 1.23. The molecule has 0 amide bonds. The SMILES string of the molecule is O=C1CCC[C@H]1F. The van der Waals surface area contributed by atoms with Crippen LogP contribution in [0.4, 0.5) is 4.39 Å². The Kier molecular flexibility index (Phi) is 1.09. The summed E-state index contributed by atoms with van der Waals surface area (Å²) in [4.78, 5) is 10.2. The van der Waals surface area contributed by atoms with E-state index in [9.17, 15) is 9.18 Å². The fourth-order valence-corrected chi connectivity index (χ4v) is 0.773. The number of ketones is 1. The Bertz CT molecular complexity index is 90.1. The molecule has 0 aromatic rings. The van der Waals surface area contributed by atoms with E-state index in [1.807, 2.05) is 0 Å². The van der Waals surface area contributed by atoms with Gasteiger partial charge in [-0.3, -0.25) is 4.79 Å². The average Bonchev–Trinajstić information content (AvgIpc) is 1.91. The van der Waals surface area contributed by atoms with E-state index in [4.69, 9.17) is 0 Å². The summed E-state index contributed by atoms with van der Waals surface area (Å²) in [7, 11) is 0. The summed E-state index contributed by atoms with van der Waals surface area (Å²) >= 11 is 0. The molecule has 0 unspecified atom stereocenters. The van der Waals surface area contributed by atoms with Crippen LogP contribution in [-0.4, -0.2) is 12.0 Å². The molecule has 0 heterocycles. The van der Waals surface area contributed by atoms with E-state index in [2.05, 4.69) is 0 Å². The standard InChI is InChI=1S/C5H7FO/c6-4-2-1-3-5(4)7/h4H,1-3H2/t4-/m1/s1. The number of rotatable bonds is 0. The van der Waals surface area contributed by atoms with Crippen molar-refractivity contribution in [3.63, 3.8) is 0 Å². The zero-order chi connectivity index (χ0) is 5.28. The average molecular weight is 102 g/mol. The summed E-state index contributed by atoms with van der Waals surface area (Å²) in [5.41, 5.74) is 0. The van der Waals surface area contributed by atoms with E-state index >= 15 is 0 Å². The van der Waals surface area contributed by atoms with Crippen LogP contribution in [0.25, 0.3) is 0 Å². The lowest BCUT2D eigenvalue weighted by molar-refractivity contribution is -0.121. The summed E-state index contributed by atoms with van der Waals surface area (Å²) in [6, 6.07) is 0. The van der Waals surface area contributed by atoms with Gasteiger partial charge in [0.05, 0.1) is 0 Å². The van der Waals surface area contributed by atoms with E-state index in [1.165, 1.54) is 0 Å². The summed E-state index contributed by atoms with van der Waals surface area (Å²) in [5.74, 6) is -0.208. The number of carbonyl (C=O) groups is 1. The summed E-state index contributed by atoms with van der Waals surface area (Å²) in [6.45, 7) is 0. The monoisotopic (exact) mass is 102 g/mol. The first-order chi connectivity index (χ1) is 3.30. The topological polar surface area (TPSA) is 17.1 Å².